The number of aliphatic hydroxyl groups is 1. The minimum Gasteiger partial charge on any atom is -0.507 e. The SMILES string of the molecule is CCOc1ccc(C2C(=C(O)c3ccc(OCC(C)C)c(C)c3)C(=O)C(=O)N2CCOC)cc1. The zero-order valence-corrected chi connectivity index (χ0v) is 20.5. The molecule has 1 heterocycles. The number of aryl methyl sites for hydroxylation is 1. The predicted molar refractivity (Wildman–Crippen MR) is 130 cm³/mol. The van der Waals surface area contributed by atoms with E-state index in [1.54, 1.807) is 30.3 Å². The van der Waals surface area contributed by atoms with Crippen molar-refractivity contribution in [2.24, 2.45) is 5.92 Å². The molecule has 1 N–H and O–H groups in total. The number of ketones is 1. The molecule has 0 spiro atoms. The van der Waals surface area contributed by atoms with Crippen LogP contribution in [0.5, 0.6) is 11.5 Å². The quantitative estimate of drug-likeness (QED) is 0.315. The van der Waals surface area contributed by atoms with Crippen LogP contribution in [-0.2, 0) is 14.3 Å². The summed E-state index contributed by atoms with van der Waals surface area (Å²) >= 11 is 0. The van der Waals surface area contributed by atoms with Gasteiger partial charge in [-0.3, -0.25) is 9.59 Å². The molecule has 7 nitrogen and oxygen atoms in total. The minimum absolute atomic E-state index is 0.0560. The Kier molecular flexibility index (Phi) is 8.34. The van der Waals surface area contributed by atoms with Gasteiger partial charge in [0, 0.05) is 19.2 Å². The Balaban J connectivity index is 2.05. The van der Waals surface area contributed by atoms with Crippen molar-refractivity contribution in [3.63, 3.8) is 0 Å². The van der Waals surface area contributed by atoms with Gasteiger partial charge in [0.1, 0.15) is 17.3 Å². The smallest absolute Gasteiger partial charge is 0.295 e. The second-order valence-corrected chi connectivity index (χ2v) is 8.67. The lowest BCUT2D eigenvalue weighted by molar-refractivity contribution is -0.140. The second-order valence-electron chi connectivity index (χ2n) is 8.67. The number of ether oxygens (including phenoxy) is 3. The largest absolute Gasteiger partial charge is 0.507 e. The van der Waals surface area contributed by atoms with Gasteiger partial charge in [-0.1, -0.05) is 26.0 Å². The maximum Gasteiger partial charge on any atom is 0.295 e. The normalized spacial score (nSPS) is 17.5. The Morgan fingerprint density at radius 2 is 1.79 bits per heavy atom. The molecule has 0 aromatic heterocycles. The molecule has 3 rings (SSSR count). The summed E-state index contributed by atoms with van der Waals surface area (Å²) < 4.78 is 16.5. The highest BCUT2D eigenvalue weighted by molar-refractivity contribution is 6.46. The molecule has 0 aliphatic carbocycles. The third kappa shape index (κ3) is 5.42. The van der Waals surface area contributed by atoms with Gasteiger partial charge in [-0.05, 0) is 61.2 Å². The van der Waals surface area contributed by atoms with Crippen LogP contribution in [0.25, 0.3) is 5.76 Å². The molecule has 0 radical (unpaired) electrons. The van der Waals surface area contributed by atoms with E-state index in [-0.39, 0.29) is 24.5 Å². The van der Waals surface area contributed by atoms with Crippen LogP contribution in [0.2, 0.25) is 0 Å². The van der Waals surface area contributed by atoms with Gasteiger partial charge in [0.25, 0.3) is 11.7 Å². The van der Waals surface area contributed by atoms with Crippen molar-refractivity contribution >= 4 is 17.4 Å². The van der Waals surface area contributed by atoms with E-state index in [9.17, 15) is 14.7 Å². The monoisotopic (exact) mass is 467 g/mol. The van der Waals surface area contributed by atoms with Gasteiger partial charge in [0.05, 0.1) is 31.4 Å². The molecule has 182 valence electrons. The molecular weight excluding hydrogens is 434 g/mol. The Bertz CT molecular complexity index is 1060. The second kappa shape index (κ2) is 11.2. The van der Waals surface area contributed by atoms with Gasteiger partial charge in [-0.2, -0.15) is 0 Å². The van der Waals surface area contributed by atoms with Crippen LogP contribution in [0.4, 0.5) is 0 Å². The molecule has 1 aliphatic heterocycles. The van der Waals surface area contributed by atoms with Crippen LogP contribution in [0.15, 0.2) is 48.0 Å². The van der Waals surface area contributed by atoms with Gasteiger partial charge >= 0.3 is 0 Å². The molecule has 1 amide bonds. The third-order valence-electron chi connectivity index (χ3n) is 5.60. The Morgan fingerprint density at radius 3 is 2.38 bits per heavy atom. The molecule has 0 bridgehead atoms. The number of rotatable bonds is 10. The molecule has 1 atom stereocenters. The van der Waals surface area contributed by atoms with E-state index in [0.717, 1.165) is 5.56 Å². The van der Waals surface area contributed by atoms with Crippen molar-refractivity contribution in [1.29, 1.82) is 0 Å². The van der Waals surface area contributed by atoms with E-state index in [4.69, 9.17) is 14.2 Å². The van der Waals surface area contributed by atoms with Crippen molar-refractivity contribution in [2.45, 2.75) is 33.7 Å². The van der Waals surface area contributed by atoms with E-state index in [2.05, 4.69) is 13.8 Å². The summed E-state index contributed by atoms with van der Waals surface area (Å²) in [6.07, 6.45) is 0. The van der Waals surface area contributed by atoms with E-state index in [1.807, 2.05) is 26.0 Å². The highest BCUT2D eigenvalue weighted by atomic mass is 16.5. The Hall–Kier alpha value is -3.32. The fourth-order valence-electron chi connectivity index (χ4n) is 3.93. The van der Waals surface area contributed by atoms with Crippen LogP contribution in [-0.4, -0.2) is 55.2 Å². The average molecular weight is 468 g/mol. The molecule has 2 aromatic carbocycles. The maximum absolute atomic E-state index is 13.1. The highest BCUT2D eigenvalue weighted by Gasteiger charge is 2.45. The van der Waals surface area contributed by atoms with Gasteiger partial charge in [-0.25, -0.2) is 0 Å². The molecular formula is C27H33NO6. The number of hydrogen-bond acceptors (Lipinski definition) is 6. The predicted octanol–water partition coefficient (Wildman–Crippen LogP) is 4.50. The third-order valence-corrected chi connectivity index (χ3v) is 5.60. The molecule has 1 unspecified atom stereocenters. The topological polar surface area (TPSA) is 85.3 Å². The zero-order valence-electron chi connectivity index (χ0n) is 20.5. The number of Topliss-reactive ketones (excluding diaryl/α,β-unsaturated/α-hetero) is 1. The van der Waals surface area contributed by atoms with Gasteiger partial charge < -0.3 is 24.2 Å². The Labute approximate surface area is 200 Å². The molecule has 34 heavy (non-hydrogen) atoms. The number of likely N-dealkylation sites (tertiary alicyclic amines) is 1. The molecule has 1 saturated heterocycles. The number of carbonyl (C=O) groups excluding carboxylic acids is 2. The number of methoxy groups -OCH3 is 1. The highest BCUT2D eigenvalue weighted by Crippen LogP contribution is 2.40. The van der Waals surface area contributed by atoms with Crippen LogP contribution in [0.1, 0.15) is 43.5 Å². The molecule has 2 aromatic rings. The number of benzene rings is 2. The fraction of sp³-hybridized carbons (Fsp3) is 0.407. The van der Waals surface area contributed by atoms with Gasteiger partial charge in [0.2, 0.25) is 0 Å². The number of aliphatic hydroxyl groups excluding tert-OH is 1. The number of carbonyl (C=O) groups is 2. The standard InChI is InChI=1S/C27H33NO6/c1-6-33-21-10-7-19(8-11-21)24-23(26(30)27(31)28(24)13-14-32-5)25(29)20-9-12-22(18(4)15-20)34-16-17(2)3/h7-12,15,17,24,29H,6,13-14,16H2,1-5H3. The van der Waals surface area contributed by atoms with Crippen molar-refractivity contribution in [1.82, 2.24) is 4.90 Å². The van der Waals surface area contributed by atoms with E-state index >= 15 is 0 Å². The lowest BCUT2D eigenvalue weighted by atomic mass is 9.94. The number of nitrogens with zero attached hydrogens (tertiary/aromatic N) is 1. The summed E-state index contributed by atoms with van der Waals surface area (Å²) in [6.45, 7) is 9.51. The summed E-state index contributed by atoms with van der Waals surface area (Å²) in [6, 6.07) is 11.7. The summed E-state index contributed by atoms with van der Waals surface area (Å²) in [4.78, 5) is 27.4. The van der Waals surface area contributed by atoms with Gasteiger partial charge in [0.15, 0.2) is 0 Å². The van der Waals surface area contributed by atoms with Crippen molar-refractivity contribution in [2.75, 3.05) is 33.5 Å². The van der Waals surface area contributed by atoms with E-state index < -0.39 is 17.7 Å². The van der Waals surface area contributed by atoms with Crippen molar-refractivity contribution in [3.05, 3.63) is 64.7 Å². The van der Waals surface area contributed by atoms with Crippen LogP contribution >= 0.6 is 0 Å². The first-order chi connectivity index (χ1) is 16.3. The zero-order chi connectivity index (χ0) is 24.8. The first-order valence-corrected chi connectivity index (χ1v) is 11.5. The van der Waals surface area contributed by atoms with Crippen molar-refractivity contribution in [3.8, 4) is 11.5 Å². The lowest BCUT2D eigenvalue weighted by Crippen LogP contribution is -2.32. The van der Waals surface area contributed by atoms with Crippen LogP contribution in [0, 0.1) is 12.8 Å². The lowest BCUT2D eigenvalue weighted by Gasteiger charge is -2.25. The van der Waals surface area contributed by atoms with Gasteiger partial charge in [-0.15, -0.1) is 0 Å². The summed E-state index contributed by atoms with van der Waals surface area (Å²) in [5, 5.41) is 11.2. The molecule has 1 aliphatic rings. The first-order valence-electron chi connectivity index (χ1n) is 11.5. The fourth-order valence-corrected chi connectivity index (χ4v) is 3.93. The first kappa shape index (κ1) is 25.3. The Morgan fingerprint density at radius 1 is 1.09 bits per heavy atom. The van der Waals surface area contributed by atoms with Crippen LogP contribution in [0.3, 0.4) is 0 Å². The van der Waals surface area contributed by atoms with Crippen LogP contribution < -0.4 is 9.47 Å². The van der Waals surface area contributed by atoms with E-state index in [1.165, 1.54) is 12.0 Å². The van der Waals surface area contributed by atoms with Crippen molar-refractivity contribution < 1.29 is 28.9 Å². The summed E-state index contributed by atoms with van der Waals surface area (Å²) in [7, 11) is 1.54. The number of hydrogen-bond donors (Lipinski definition) is 1. The molecule has 7 heteroatoms. The van der Waals surface area contributed by atoms with E-state index in [0.29, 0.717) is 41.8 Å². The summed E-state index contributed by atoms with van der Waals surface area (Å²) in [5.74, 6) is 0.193. The molecule has 0 saturated carbocycles. The maximum atomic E-state index is 13.1. The molecule has 1 fully saturated rings. The minimum atomic E-state index is -0.733. The summed E-state index contributed by atoms with van der Waals surface area (Å²) in [5.41, 5.74) is 2.04. The number of amides is 1. The average Bonchev–Trinajstić information content (AvgIpc) is 3.06.